The zero-order valence-corrected chi connectivity index (χ0v) is 9.60. The van der Waals surface area contributed by atoms with Crippen molar-refractivity contribution < 1.29 is 4.52 Å². The quantitative estimate of drug-likeness (QED) is 0.858. The molecule has 0 saturated carbocycles. The van der Waals surface area contributed by atoms with Crippen molar-refractivity contribution in [2.24, 2.45) is 5.73 Å². The molecule has 0 atom stereocenters. The van der Waals surface area contributed by atoms with E-state index in [-0.39, 0.29) is 0 Å². The number of hydrogen-bond donors (Lipinski definition) is 1. The Morgan fingerprint density at radius 1 is 1.25 bits per heavy atom. The molecule has 0 spiro atoms. The molecule has 2 N–H and O–H groups in total. The number of rotatable bonds is 3. The van der Waals surface area contributed by atoms with Gasteiger partial charge in [-0.1, -0.05) is 43.3 Å². The maximum atomic E-state index is 5.61. The second kappa shape index (κ2) is 4.49. The lowest BCUT2D eigenvalue weighted by Crippen LogP contribution is -1.96. The summed E-state index contributed by atoms with van der Waals surface area (Å²) >= 11 is 0. The van der Waals surface area contributed by atoms with Gasteiger partial charge in [0.15, 0.2) is 5.76 Å². The van der Waals surface area contributed by atoms with Crippen LogP contribution in [0.2, 0.25) is 0 Å². The average molecular weight is 216 g/mol. The van der Waals surface area contributed by atoms with Gasteiger partial charge in [-0.25, -0.2) is 0 Å². The van der Waals surface area contributed by atoms with E-state index in [4.69, 9.17) is 10.3 Å². The van der Waals surface area contributed by atoms with E-state index < -0.39 is 0 Å². The van der Waals surface area contributed by atoms with Crippen LogP contribution in [0.25, 0.3) is 11.3 Å². The number of aromatic nitrogens is 1. The van der Waals surface area contributed by atoms with Crippen LogP contribution in [0, 0.1) is 0 Å². The largest absolute Gasteiger partial charge is 0.356 e. The third-order valence-electron chi connectivity index (χ3n) is 2.70. The van der Waals surface area contributed by atoms with Gasteiger partial charge in [0.1, 0.15) is 0 Å². The molecule has 2 aromatic rings. The van der Waals surface area contributed by atoms with Crippen molar-refractivity contribution in [1.29, 1.82) is 0 Å². The van der Waals surface area contributed by atoms with Gasteiger partial charge in [0.25, 0.3) is 0 Å². The van der Waals surface area contributed by atoms with Crippen LogP contribution in [0.15, 0.2) is 35.0 Å². The minimum atomic E-state index is 0.449. The molecular weight excluding hydrogens is 200 g/mol. The predicted molar refractivity (Wildman–Crippen MR) is 63.9 cm³/mol. The second-order valence-electron chi connectivity index (χ2n) is 4.16. The normalized spacial score (nSPS) is 11.0. The van der Waals surface area contributed by atoms with Crippen molar-refractivity contribution in [2.75, 3.05) is 0 Å². The fraction of sp³-hybridized carbons (Fsp3) is 0.308. The molecule has 0 aliphatic carbocycles. The highest BCUT2D eigenvalue weighted by Gasteiger charge is 2.09. The molecule has 0 aliphatic rings. The van der Waals surface area contributed by atoms with Gasteiger partial charge in [0.2, 0.25) is 0 Å². The summed E-state index contributed by atoms with van der Waals surface area (Å²) in [6, 6.07) is 8.33. The maximum Gasteiger partial charge on any atom is 0.171 e. The Bertz CT molecular complexity index is 457. The molecule has 3 heteroatoms. The maximum absolute atomic E-state index is 5.61. The summed E-state index contributed by atoms with van der Waals surface area (Å²) in [6.07, 6.45) is 1.67. The topological polar surface area (TPSA) is 52.0 Å². The van der Waals surface area contributed by atoms with Crippen LogP contribution >= 0.6 is 0 Å². The minimum Gasteiger partial charge on any atom is -0.356 e. The summed E-state index contributed by atoms with van der Waals surface area (Å²) in [5.41, 5.74) is 8.90. The summed E-state index contributed by atoms with van der Waals surface area (Å²) in [7, 11) is 0. The van der Waals surface area contributed by atoms with Crippen LogP contribution in [-0.4, -0.2) is 5.16 Å². The lowest BCUT2D eigenvalue weighted by Gasteiger charge is -2.05. The van der Waals surface area contributed by atoms with E-state index >= 15 is 0 Å². The predicted octanol–water partition coefficient (Wildman–Crippen LogP) is 2.92. The van der Waals surface area contributed by atoms with Gasteiger partial charge >= 0.3 is 0 Å². The molecule has 0 radical (unpaired) electrons. The fourth-order valence-electron chi connectivity index (χ4n) is 1.66. The van der Waals surface area contributed by atoms with Crippen molar-refractivity contribution in [2.45, 2.75) is 26.3 Å². The zero-order chi connectivity index (χ0) is 11.5. The Labute approximate surface area is 95.3 Å². The highest BCUT2D eigenvalue weighted by Crippen LogP contribution is 2.25. The van der Waals surface area contributed by atoms with Gasteiger partial charge in [-0.15, -0.1) is 0 Å². The molecule has 0 saturated heterocycles. The number of hydrogen-bond acceptors (Lipinski definition) is 3. The molecule has 0 bridgehead atoms. The van der Waals surface area contributed by atoms with Gasteiger partial charge in [-0.05, 0) is 11.5 Å². The van der Waals surface area contributed by atoms with Gasteiger partial charge in [0, 0.05) is 17.7 Å². The molecule has 1 aromatic heterocycles. The molecule has 16 heavy (non-hydrogen) atoms. The Morgan fingerprint density at radius 3 is 2.50 bits per heavy atom. The van der Waals surface area contributed by atoms with Crippen molar-refractivity contribution >= 4 is 0 Å². The molecule has 3 nitrogen and oxygen atoms in total. The van der Waals surface area contributed by atoms with Crippen molar-refractivity contribution in [3.8, 4) is 11.3 Å². The first-order chi connectivity index (χ1) is 7.72. The number of nitrogens with two attached hydrogens (primary N) is 1. The van der Waals surface area contributed by atoms with E-state index in [0.29, 0.717) is 12.5 Å². The summed E-state index contributed by atoms with van der Waals surface area (Å²) < 4.78 is 5.21. The van der Waals surface area contributed by atoms with Crippen LogP contribution in [-0.2, 0) is 6.54 Å². The SMILES string of the molecule is CC(C)c1ccc(-c2oncc2CN)cc1. The first-order valence-electron chi connectivity index (χ1n) is 5.46. The zero-order valence-electron chi connectivity index (χ0n) is 9.60. The van der Waals surface area contributed by atoms with Crippen LogP contribution in [0.1, 0.15) is 30.9 Å². The smallest absolute Gasteiger partial charge is 0.171 e. The van der Waals surface area contributed by atoms with Crippen LogP contribution in [0.3, 0.4) is 0 Å². The lowest BCUT2D eigenvalue weighted by molar-refractivity contribution is 0.431. The lowest BCUT2D eigenvalue weighted by atomic mass is 10.0. The van der Waals surface area contributed by atoms with E-state index in [9.17, 15) is 0 Å². The van der Waals surface area contributed by atoms with Crippen LogP contribution < -0.4 is 5.73 Å². The Hall–Kier alpha value is -1.61. The number of nitrogens with zero attached hydrogens (tertiary/aromatic N) is 1. The first kappa shape index (κ1) is 10.9. The van der Waals surface area contributed by atoms with E-state index in [1.165, 1.54) is 5.56 Å². The highest BCUT2D eigenvalue weighted by atomic mass is 16.5. The molecule has 2 rings (SSSR count). The molecule has 84 valence electrons. The molecular formula is C13H16N2O. The Balaban J connectivity index is 2.35. The third-order valence-corrected chi connectivity index (χ3v) is 2.70. The summed E-state index contributed by atoms with van der Waals surface area (Å²) in [5, 5.41) is 3.77. The van der Waals surface area contributed by atoms with Crippen LogP contribution in [0.5, 0.6) is 0 Å². The fourth-order valence-corrected chi connectivity index (χ4v) is 1.66. The summed E-state index contributed by atoms with van der Waals surface area (Å²) in [6.45, 7) is 4.80. The Kier molecular flexibility index (Phi) is 3.06. The summed E-state index contributed by atoms with van der Waals surface area (Å²) in [5.74, 6) is 1.32. The van der Waals surface area contributed by atoms with Crippen molar-refractivity contribution in [3.05, 3.63) is 41.6 Å². The van der Waals surface area contributed by atoms with Crippen LogP contribution in [0.4, 0.5) is 0 Å². The Morgan fingerprint density at radius 2 is 1.94 bits per heavy atom. The molecule has 0 aliphatic heterocycles. The van der Waals surface area contributed by atoms with Crippen molar-refractivity contribution in [1.82, 2.24) is 5.16 Å². The highest BCUT2D eigenvalue weighted by molar-refractivity contribution is 5.61. The first-order valence-corrected chi connectivity index (χ1v) is 5.46. The van der Waals surface area contributed by atoms with E-state index in [1.807, 2.05) is 0 Å². The van der Waals surface area contributed by atoms with Crippen molar-refractivity contribution in [3.63, 3.8) is 0 Å². The summed E-state index contributed by atoms with van der Waals surface area (Å²) in [4.78, 5) is 0. The molecule has 0 amide bonds. The molecule has 1 heterocycles. The molecule has 0 fully saturated rings. The van der Waals surface area contributed by atoms with Gasteiger partial charge in [0.05, 0.1) is 6.20 Å². The second-order valence-corrected chi connectivity index (χ2v) is 4.16. The minimum absolute atomic E-state index is 0.449. The standard InChI is InChI=1S/C13H16N2O/c1-9(2)10-3-5-11(6-4-10)13-12(7-14)8-15-16-13/h3-6,8-9H,7,14H2,1-2H3. The van der Waals surface area contributed by atoms with Gasteiger partial charge in [-0.2, -0.15) is 0 Å². The van der Waals surface area contributed by atoms with Gasteiger partial charge < -0.3 is 10.3 Å². The molecule has 1 aromatic carbocycles. The van der Waals surface area contributed by atoms with E-state index in [0.717, 1.165) is 16.9 Å². The number of benzene rings is 1. The van der Waals surface area contributed by atoms with Gasteiger partial charge in [-0.3, -0.25) is 0 Å². The average Bonchev–Trinajstić information content (AvgIpc) is 2.77. The molecule has 0 unspecified atom stereocenters. The van der Waals surface area contributed by atoms with E-state index in [2.05, 4.69) is 43.3 Å². The third kappa shape index (κ3) is 1.99. The monoisotopic (exact) mass is 216 g/mol. The van der Waals surface area contributed by atoms with E-state index in [1.54, 1.807) is 6.20 Å².